The number of nitrogens with zero attached hydrogens (tertiary/aromatic N) is 1. The number of hydrogen-bond donors (Lipinski definition) is 1. The zero-order valence-electron chi connectivity index (χ0n) is 10.0. The molecular weight excluding hydrogens is 239 g/mol. The minimum atomic E-state index is -0.271. The molecule has 0 spiro atoms. The van der Waals surface area contributed by atoms with E-state index in [9.17, 15) is 4.39 Å². The Bertz CT molecular complexity index is 376. The molecule has 0 unspecified atom stereocenters. The first-order valence-electron chi connectivity index (χ1n) is 6.02. The van der Waals surface area contributed by atoms with E-state index in [1.165, 1.54) is 12.1 Å². The van der Waals surface area contributed by atoms with Crippen molar-refractivity contribution in [1.82, 2.24) is 10.2 Å². The summed E-state index contributed by atoms with van der Waals surface area (Å²) in [6.07, 6.45) is 2.32. The maximum Gasteiger partial charge on any atom is 0.124 e. The SMILES string of the molecule is CNC1CCN(Cc2ccc(F)cc2Cl)CC1. The highest BCUT2D eigenvalue weighted by Crippen LogP contribution is 2.21. The van der Waals surface area contributed by atoms with E-state index in [0.717, 1.165) is 38.0 Å². The lowest BCUT2D eigenvalue weighted by atomic mass is 10.0. The molecule has 0 aliphatic carbocycles. The van der Waals surface area contributed by atoms with Gasteiger partial charge in [-0.25, -0.2) is 4.39 Å². The van der Waals surface area contributed by atoms with Crippen molar-refractivity contribution in [2.45, 2.75) is 25.4 Å². The van der Waals surface area contributed by atoms with Crippen LogP contribution in [0, 0.1) is 5.82 Å². The van der Waals surface area contributed by atoms with Gasteiger partial charge in [-0.1, -0.05) is 17.7 Å². The molecule has 2 nitrogen and oxygen atoms in total. The topological polar surface area (TPSA) is 15.3 Å². The van der Waals surface area contributed by atoms with Crippen molar-refractivity contribution in [1.29, 1.82) is 0 Å². The Morgan fingerprint density at radius 1 is 1.41 bits per heavy atom. The van der Waals surface area contributed by atoms with Crippen LogP contribution in [0.15, 0.2) is 18.2 Å². The molecule has 1 aliphatic rings. The monoisotopic (exact) mass is 256 g/mol. The van der Waals surface area contributed by atoms with Gasteiger partial charge in [0, 0.05) is 17.6 Å². The number of likely N-dealkylation sites (tertiary alicyclic amines) is 1. The Balaban J connectivity index is 1.93. The van der Waals surface area contributed by atoms with E-state index in [1.54, 1.807) is 6.07 Å². The highest BCUT2D eigenvalue weighted by molar-refractivity contribution is 6.31. The van der Waals surface area contributed by atoms with Crippen molar-refractivity contribution < 1.29 is 4.39 Å². The summed E-state index contributed by atoms with van der Waals surface area (Å²) in [7, 11) is 2.01. The summed E-state index contributed by atoms with van der Waals surface area (Å²) in [6.45, 7) is 2.95. The van der Waals surface area contributed by atoms with Crippen LogP contribution in [0.5, 0.6) is 0 Å². The van der Waals surface area contributed by atoms with Crippen LogP contribution < -0.4 is 5.32 Å². The predicted octanol–water partition coefficient (Wildman–Crippen LogP) is 2.66. The highest BCUT2D eigenvalue weighted by atomic mass is 35.5. The average Bonchev–Trinajstić information content (AvgIpc) is 2.34. The summed E-state index contributed by atoms with van der Waals surface area (Å²) < 4.78 is 12.9. The van der Waals surface area contributed by atoms with Gasteiger partial charge < -0.3 is 5.32 Å². The minimum Gasteiger partial charge on any atom is -0.317 e. The zero-order valence-corrected chi connectivity index (χ0v) is 10.8. The van der Waals surface area contributed by atoms with Crippen molar-refractivity contribution in [2.24, 2.45) is 0 Å². The second-order valence-electron chi connectivity index (χ2n) is 4.57. The van der Waals surface area contributed by atoms with Crippen molar-refractivity contribution in [3.63, 3.8) is 0 Å². The maximum absolute atomic E-state index is 12.9. The summed E-state index contributed by atoms with van der Waals surface area (Å²) in [6, 6.07) is 5.27. The zero-order chi connectivity index (χ0) is 12.3. The van der Waals surface area contributed by atoms with Crippen LogP contribution in [0.3, 0.4) is 0 Å². The van der Waals surface area contributed by atoms with Gasteiger partial charge in [0.05, 0.1) is 0 Å². The molecule has 1 aromatic carbocycles. The van der Waals surface area contributed by atoms with Gasteiger partial charge in [0.15, 0.2) is 0 Å². The van der Waals surface area contributed by atoms with E-state index in [2.05, 4.69) is 10.2 Å². The molecule has 4 heteroatoms. The third-order valence-corrected chi connectivity index (χ3v) is 3.76. The van der Waals surface area contributed by atoms with Gasteiger partial charge in [-0.2, -0.15) is 0 Å². The minimum absolute atomic E-state index is 0.271. The quantitative estimate of drug-likeness (QED) is 0.895. The number of piperidine rings is 1. The van der Waals surface area contributed by atoms with E-state index in [0.29, 0.717) is 11.1 Å². The Morgan fingerprint density at radius 3 is 2.71 bits per heavy atom. The fourth-order valence-corrected chi connectivity index (χ4v) is 2.50. The van der Waals surface area contributed by atoms with Crippen LogP contribution in [0.1, 0.15) is 18.4 Å². The van der Waals surface area contributed by atoms with Crippen molar-refractivity contribution in [3.8, 4) is 0 Å². The molecule has 1 N–H and O–H groups in total. The third kappa shape index (κ3) is 3.41. The number of nitrogens with one attached hydrogen (secondary N) is 1. The predicted molar refractivity (Wildman–Crippen MR) is 68.8 cm³/mol. The number of rotatable bonds is 3. The van der Waals surface area contributed by atoms with Crippen LogP contribution in [0.4, 0.5) is 4.39 Å². The average molecular weight is 257 g/mol. The van der Waals surface area contributed by atoms with Crippen LogP contribution in [-0.4, -0.2) is 31.1 Å². The molecule has 1 heterocycles. The lowest BCUT2D eigenvalue weighted by molar-refractivity contribution is 0.194. The van der Waals surface area contributed by atoms with Gasteiger partial charge in [-0.15, -0.1) is 0 Å². The van der Waals surface area contributed by atoms with Crippen LogP contribution >= 0.6 is 11.6 Å². The number of halogens is 2. The molecule has 0 amide bonds. The fourth-order valence-electron chi connectivity index (χ4n) is 2.27. The molecule has 94 valence electrons. The molecule has 1 fully saturated rings. The van der Waals surface area contributed by atoms with Gasteiger partial charge in [0.25, 0.3) is 0 Å². The van der Waals surface area contributed by atoms with Gasteiger partial charge in [0.2, 0.25) is 0 Å². The molecule has 1 aliphatic heterocycles. The first kappa shape index (κ1) is 12.8. The summed E-state index contributed by atoms with van der Waals surface area (Å²) in [5.74, 6) is -0.271. The molecule has 1 aromatic rings. The maximum atomic E-state index is 12.9. The van der Waals surface area contributed by atoms with Gasteiger partial charge in [-0.3, -0.25) is 4.90 Å². The molecule has 2 rings (SSSR count). The number of hydrogen-bond acceptors (Lipinski definition) is 2. The van der Waals surface area contributed by atoms with E-state index in [-0.39, 0.29) is 5.82 Å². The molecule has 0 bridgehead atoms. The molecule has 17 heavy (non-hydrogen) atoms. The first-order valence-corrected chi connectivity index (χ1v) is 6.40. The smallest absolute Gasteiger partial charge is 0.124 e. The molecule has 0 atom stereocenters. The summed E-state index contributed by atoms with van der Waals surface area (Å²) in [5, 5.41) is 3.83. The third-order valence-electron chi connectivity index (χ3n) is 3.40. The van der Waals surface area contributed by atoms with E-state index < -0.39 is 0 Å². The number of benzene rings is 1. The summed E-state index contributed by atoms with van der Waals surface area (Å²) >= 11 is 6.03. The van der Waals surface area contributed by atoms with Crippen molar-refractivity contribution in [2.75, 3.05) is 20.1 Å². The molecule has 1 saturated heterocycles. The van der Waals surface area contributed by atoms with Crippen LogP contribution in [-0.2, 0) is 6.54 Å². The van der Waals surface area contributed by atoms with Crippen molar-refractivity contribution >= 4 is 11.6 Å². The summed E-state index contributed by atoms with van der Waals surface area (Å²) in [5.41, 5.74) is 1.01. The van der Waals surface area contributed by atoms with Crippen LogP contribution in [0.25, 0.3) is 0 Å². The Labute approximate surface area is 107 Å². The summed E-state index contributed by atoms with van der Waals surface area (Å²) in [4.78, 5) is 2.37. The van der Waals surface area contributed by atoms with E-state index >= 15 is 0 Å². The van der Waals surface area contributed by atoms with Gasteiger partial charge >= 0.3 is 0 Å². The van der Waals surface area contributed by atoms with E-state index in [4.69, 9.17) is 11.6 Å². The fraction of sp³-hybridized carbons (Fsp3) is 0.538. The lowest BCUT2D eigenvalue weighted by Gasteiger charge is -2.31. The largest absolute Gasteiger partial charge is 0.317 e. The molecular formula is C13H18ClFN2. The Hall–Kier alpha value is -0.640. The molecule has 0 radical (unpaired) electrons. The van der Waals surface area contributed by atoms with Gasteiger partial charge in [0.1, 0.15) is 5.82 Å². The lowest BCUT2D eigenvalue weighted by Crippen LogP contribution is -2.40. The molecule has 0 saturated carbocycles. The second-order valence-corrected chi connectivity index (χ2v) is 4.98. The van der Waals surface area contributed by atoms with Gasteiger partial charge in [-0.05, 0) is 50.7 Å². The first-order chi connectivity index (χ1) is 8.19. The van der Waals surface area contributed by atoms with Crippen LogP contribution in [0.2, 0.25) is 5.02 Å². The normalized spacial score (nSPS) is 18.5. The Kier molecular flexibility index (Phi) is 4.37. The molecule has 0 aromatic heterocycles. The Morgan fingerprint density at radius 2 is 2.12 bits per heavy atom. The highest BCUT2D eigenvalue weighted by Gasteiger charge is 2.18. The van der Waals surface area contributed by atoms with E-state index in [1.807, 2.05) is 7.05 Å². The standard InChI is InChI=1S/C13H18ClFN2/c1-16-12-4-6-17(7-5-12)9-10-2-3-11(15)8-13(10)14/h2-3,8,12,16H,4-7,9H2,1H3. The van der Waals surface area contributed by atoms with Crippen molar-refractivity contribution in [3.05, 3.63) is 34.6 Å². The second kappa shape index (κ2) is 5.80.